The molecule has 96 valence electrons. The Balaban J connectivity index is 2.04. The lowest BCUT2D eigenvalue weighted by Crippen LogP contribution is -2.30. The third-order valence-corrected chi connectivity index (χ3v) is 1.79. The van der Waals surface area contributed by atoms with Crippen molar-refractivity contribution in [2.45, 2.75) is 19.1 Å². The Labute approximate surface area is 95.6 Å². The molecule has 1 heterocycles. The van der Waals surface area contributed by atoms with Crippen LogP contribution in [0.1, 0.15) is 6.42 Å². The maximum atomic E-state index is 11.7. The van der Waals surface area contributed by atoms with E-state index in [0.29, 0.717) is 13.0 Å². The second kappa shape index (κ2) is 6.12. The second-order valence-corrected chi connectivity index (χ2v) is 3.27. The number of carbonyl (C=O) groups is 1. The molecule has 0 aliphatic carbocycles. The van der Waals surface area contributed by atoms with Gasteiger partial charge in [-0.3, -0.25) is 0 Å². The Morgan fingerprint density at radius 3 is 2.82 bits per heavy atom. The number of alkyl halides is 3. The fourth-order valence-electron chi connectivity index (χ4n) is 1.07. The first-order valence-electron chi connectivity index (χ1n) is 4.90. The van der Waals surface area contributed by atoms with Crippen LogP contribution in [-0.4, -0.2) is 35.0 Å². The van der Waals surface area contributed by atoms with Gasteiger partial charge in [-0.15, -0.1) is 0 Å². The van der Waals surface area contributed by atoms with Gasteiger partial charge in [-0.2, -0.15) is 13.2 Å². The zero-order valence-electron chi connectivity index (χ0n) is 8.91. The number of alkyl carbamates (subject to hydrolysis) is 1. The van der Waals surface area contributed by atoms with Crippen molar-refractivity contribution >= 4 is 6.09 Å². The van der Waals surface area contributed by atoms with Gasteiger partial charge in [0.05, 0.1) is 6.33 Å². The number of rotatable bonds is 5. The van der Waals surface area contributed by atoms with Crippen molar-refractivity contribution in [3.8, 4) is 0 Å². The molecule has 0 aromatic carbocycles. The Bertz CT molecular complexity index is 338. The number of hydrogen-bond acceptors (Lipinski definition) is 3. The van der Waals surface area contributed by atoms with Gasteiger partial charge in [0.1, 0.15) is 0 Å². The van der Waals surface area contributed by atoms with Crippen molar-refractivity contribution in [2.24, 2.45) is 0 Å². The van der Waals surface area contributed by atoms with Crippen molar-refractivity contribution < 1.29 is 22.7 Å². The highest BCUT2D eigenvalue weighted by Gasteiger charge is 2.29. The molecular formula is C9H12F3N3O2. The fraction of sp³-hybridized carbons (Fsp3) is 0.556. The first-order valence-corrected chi connectivity index (χ1v) is 4.90. The van der Waals surface area contributed by atoms with E-state index in [4.69, 9.17) is 0 Å². The smallest absolute Gasteiger partial charge is 0.422 e. The highest BCUT2D eigenvalue weighted by Crippen LogP contribution is 2.14. The molecule has 0 radical (unpaired) electrons. The average molecular weight is 251 g/mol. The van der Waals surface area contributed by atoms with Gasteiger partial charge in [-0.05, 0) is 6.42 Å². The van der Waals surface area contributed by atoms with Gasteiger partial charge in [0, 0.05) is 25.5 Å². The summed E-state index contributed by atoms with van der Waals surface area (Å²) >= 11 is 0. The predicted octanol–water partition coefficient (Wildman–Crippen LogP) is 1.56. The molecule has 1 N–H and O–H groups in total. The van der Waals surface area contributed by atoms with Crippen LogP contribution in [0.15, 0.2) is 18.7 Å². The van der Waals surface area contributed by atoms with Crippen LogP contribution in [0.2, 0.25) is 0 Å². The van der Waals surface area contributed by atoms with Crippen molar-refractivity contribution in [3.63, 3.8) is 0 Å². The van der Waals surface area contributed by atoms with Gasteiger partial charge < -0.3 is 14.6 Å². The minimum atomic E-state index is -4.49. The Morgan fingerprint density at radius 2 is 2.24 bits per heavy atom. The van der Waals surface area contributed by atoms with Crippen LogP contribution in [0.5, 0.6) is 0 Å². The molecule has 0 saturated heterocycles. The van der Waals surface area contributed by atoms with Crippen molar-refractivity contribution in [3.05, 3.63) is 18.7 Å². The van der Waals surface area contributed by atoms with Gasteiger partial charge in [0.2, 0.25) is 0 Å². The van der Waals surface area contributed by atoms with Gasteiger partial charge >= 0.3 is 12.3 Å². The van der Waals surface area contributed by atoms with Crippen molar-refractivity contribution in [1.29, 1.82) is 0 Å². The molecule has 1 aromatic heterocycles. The maximum Gasteiger partial charge on any atom is 0.422 e. The predicted molar refractivity (Wildman–Crippen MR) is 52.2 cm³/mol. The summed E-state index contributed by atoms with van der Waals surface area (Å²) in [5, 5.41) is 2.22. The SMILES string of the molecule is O=C(NCCCn1ccnc1)OCC(F)(F)F. The summed E-state index contributed by atoms with van der Waals surface area (Å²) in [6.45, 7) is -0.700. The zero-order valence-corrected chi connectivity index (χ0v) is 8.91. The summed E-state index contributed by atoms with van der Waals surface area (Å²) in [5.74, 6) is 0. The Morgan fingerprint density at radius 1 is 1.47 bits per heavy atom. The Hall–Kier alpha value is -1.73. The maximum absolute atomic E-state index is 11.7. The standard InChI is InChI=1S/C9H12F3N3O2/c10-9(11,12)6-17-8(16)14-2-1-4-15-5-3-13-7-15/h3,5,7H,1-2,4,6H2,(H,14,16). The van der Waals surface area contributed by atoms with Crippen molar-refractivity contribution in [2.75, 3.05) is 13.2 Å². The van der Waals surface area contributed by atoms with Crippen LogP contribution in [0.4, 0.5) is 18.0 Å². The molecule has 0 aliphatic heterocycles. The van der Waals surface area contributed by atoms with E-state index in [1.807, 2.05) is 0 Å². The molecule has 5 nitrogen and oxygen atoms in total. The first kappa shape index (κ1) is 13.3. The number of aromatic nitrogens is 2. The van der Waals surface area contributed by atoms with E-state index in [-0.39, 0.29) is 6.54 Å². The summed E-state index contributed by atoms with van der Waals surface area (Å²) in [6.07, 6.45) is 0.00796. The van der Waals surface area contributed by atoms with Gasteiger partial charge in [-0.1, -0.05) is 0 Å². The first-order chi connectivity index (χ1) is 7.97. The number of hydrogen-bond donors (Lipinski definition) is 1. The van der Waals surface area contributed by atoms with Crippen LogP contribution in [0.25, 0.3) is 0 Å². The molecule has 1 rings (SSSR count). The van der Waals surface area contributed by atoms with E-state index >= 15 is 0 Å². The van der Waals surface area contributed by atoms with Crippen LogP contribution < -0.4 is 5.32 Å². The van der Waals surface area contributed by atoms with Crippen LogP contribution in [0.3, 0.4) is 0 Å². The molecule has 17 heavy (non-hydrogen) atoms. The van der Waals surface area contributed by atoms with E-state index in [1.54, 1.807) is 23.3 Å². The van der Waals surface area contributed by atoms with E-state index in [0.717, 1.165) is 0 Å². The summed E-state index contributed by atoms with van der Waals surface area (Å²) in [5.41, 5.74) is 0. The summed E-state index contributed by atoms with van der Waals surface area (Å²) < 4.78 is 40.8. The van der Waals surface area contributed by atoms with E-state index < -0.39 is 18.9 Å². The molecule has 0 bridgehead atoms. The number of carbonyl (C=O) groups excluding carboxylic acids is 1. The van der Waals surface area contributed by atoms with E-state index in [2.05, 4.69) is 15.0 Å². The van der Waals surface area contributed by atoms with Gasteiger partial charge in [0.15, 0.2) is 6.61 Å². The average Bonchev–Trinajstić information content (AvgIpc) is 2.73. The summed E-state index contributed by atoms with van der Waals surface area (Å²) in [6, 6.07) is 0. The Kier molecular flexibility index (Phi) is 4.80. The fourth-order valence-corrected chi connectivity index (χ4v) is 1.07. The molecule has 0 unspecified atom stereocenters. The minimum absolute atomic E-state index is 0.245. The lowest BCUT2D eigenvalue weighted by atomic mass is 10.4. The second-order valence-electron chi connectivity index (χ2n) is 3.27. The number of aryl methyl sites for hydroxylation is 1. The van der Waals surface area contributed by atoms with Crippen LogP contribution >= 0.6 is 0 Å². The number of amides is 1. The lowest BCUT2D eigenvalue weighted by molar-refractivity contribution is -0.160. The number of imidazole rings is 1. The molecule has 0 fully saturated rings. The normalized spacial score (nSPS) is 11.2. The largest absolute Gasteiger partial charge is 0.440 e. The lowest BCUT2D eigenvalue weighted by Gasteiger charge is -2.09. The minimum Gasteiger partial charge on any atom is -0.440 e. The van der Waals surface area contributed by atoms with E-state index in [9.17, 15) is 18.0 Å². The molecule has 0 atom stereocenters. The van der Waals surface area contributed by atoms with Crippen LogP contribution in [-0.2, 0) is 11.3 Å². The van der Waals surface area contributed by atoms with Gasteiger partial charge in [-0.25, -0.2) is 9.78 Å². The highest BCUT2D eigenvalue weighted by atomic mass is 19.4. The third-order valence-electron chi connectivity index (χ3n) is 1.79. The highest BCUT2D eigenvalue weighted by molar-refractivity contribution is 5.67. The molecule has 0 spiro atoms. The quantitative estimate of drug-likeness (QED) is 0.808. The summed E-state index contributed by atoms with van der Waals surface area (Å²) in [4.78, 5) is 14.6. The summed E-state index contributed by atoms with van der Waals surface area (Å²) in [7, 11) is 0. The topological polar surface area (TPSA) is 56.2 Å². The molecule has 8 heteroatoms. The molecule has 0 aliphatic rings. The van der Waals surface area contributed by atoms with Gasteiger partial charge in [0.25, 0.3) is 0 Å². The number of nitrogens with zero attached hydrogens (tertiary/aromatic N) is 2. The molecule has 1 amide bonds. The number of nitrogens with one attached hydrogen (secondary N) is 1. The molecular weight excluding hydrogens is 239 g/mol. The number of halogens is 3. The third kappa shape index (κ3) is 6.44. The zero-order chi connectivity index (χ0) is 12.7. The monoisotopic (exact) mass is 251 g/mol. The van der Waals surface area contributed by atoms with Crippen LogP contribution in [0, 0.1) is 0 Å². The van der Waals surface area contributed by atoms with Crippen molar-refractivity contribution in [1.82, 2.24) is 14.9 Å². The molecule has 1 aromatic rings. The van der Waals surface area contributed by atoms with E-state index in [1.165, 1.54) is 0 Å². The molecule has 0 saturated carbocycles. The number of ether oxygens (including phenoxy) is 1.